The first-order chi connectivity index (χ1) is 9.62. The number of carbonyl (C=O) groups excluding carboxylic acids is 1. The van der Waals surface area contributed by atoms with Gasteiger partial charge in [0.15, 0.2) is 5.69 Å². The summed E-state index contributed by atoms with van der Waals surface area (Å²) < 4.78 is 12.3. The highest BCUT2D eigenvalue weighted by atomic mass is 16.5. The van der Waals surface area contributed by atoms with Crippen LogP contribution in [0.5, 0.6) is 0 Å². The highest BCUT2D eigenvalue weighted by Crippen LogP contribution is 2.26. The Morgan fingerprint density at radius 2 is 1.86 bits per heavy atom. The van der Waals surface area contributed by atoms with E-state index in [-0.39, 0.29) is 11.0 Å². The van der Waals surface area contributed by atoms with Crippen molar-refractivity contribution in [3.8, 4) is 0 Å². The van der Waals surface area contributed by atoms with Gasteiger partial charge in [-0.3, -0.25) is 0 Å². The molecule has 120 valence electrons. The maximum absolute atomic E-state index is 12.0. The highest BCUT2D eigenvalue weighted by Gasteiger charge is 2.30. The van der Waals surface area contributed by atoms with Crippen LogP contribution in [0.2, 0.25) is 0 Å². The first kappa shape index (κ1) is 17.6. The Morgan fingerprint density at radius 3 is 2.33 bits per heavy atom. The van der Waals surface area contributed by atoms with Gasteiger partial charge in [0.05, 0.1) is 17.9 Å². The highest BCUT2D eigenvalue weighted by molar-refractivity contribution is 5.88. The molecule has 0 amide bonds. The fourth-order valence-corrected chi connectivity index (χ4v) is 2.03. The van der Waals surface area contributed by atoms with Gasteiger partial charge in [0, 0.05) is 19.1 Å². The van der Waals surface area contributed by atoms with Gasteiger partial charge in [-0.05, 0) is 27.2 Å². The van der Waals surface area contributed by atoms with Gasteiger partial charge < -0.3 is 9.47 Å². The molecule has 1 aromatic heterocycles. The van der Waals surface area contributed by atoms with Crippen molar-refractivity contribution in [1.82, 2.24) is 15.0 Å². The number of nitrogens with zero attached hydrogens (tertiary/aromatic N) is 3. The second kappa shape index (κ2) is 6.56. The van der Waals surface area contributed by atoms with E-state index in [1.807, 2.05) is 34.6 Å². The van der Waals surface area contributed by atoms with Crippen LogP contribution in [0, 0.1) is 0 Å². The monoisotopic (exact) mass is 297 g/mol. The van der Waals surface area contributed by atoms with Crippen LogP contribution < -0.4 is 0 Å². The van der Waals surface area contributed by atoms with Gasteiger partial charge in [-0.25, -0.2) is 9.48 Å². The molecule has 1 aromatic rings. The van der Waals surface area contributed by atoms with E-state index in [2.05, 4.69) is 10.3 Å². The topological polar surface area (TPSA) is 66.2 Å². The molecule has 6 nitrogen and oxygen atoms in total. The number of carbonyl (C=O) groups is 1. The number of ether oxygens (including phenoxy) is 2. The minimum absolute atomic E-state index is 0.245. The maximum Gasteiger partial charge on any atom is 0.360 e. The molecule has 0 aliphatic rings. The number of aromatic nitrogens is 3. The third-order valence-electron chi connectivity index (χ3n) is 3.39. The molecular formula is C15H27N3O3. The zero-order chi connectivity index (χ0) is 16.3. The van der Waals surface area contributed by atoms with Gasteiger partial charge in [-0.1, -0.05) is 26.0 Å². The summed E-state index contributed by atoms with van der Waals surface area (Å²) in [6, 6.07) is 0. The van der Waals surface area contributed by atoms with Crippen molar-refractivity contribution in [1.29, 1.82) is 0 Å². The van der Waals surface area contributed by atoms with Crippen LogP contribution in [0.25, 0.3) is 0 Å². The molecule has 0 aliphatic carbocycles. The lowest BCUT2D eigenvalue weighted by atomic mass is 9.90. The van der Waals surface area contributed by atoms with E-state index in [4.69, 9.17) is 9.47 Å². The molecule has 21 heavy (non-hydrogen) atoms. The zero-order valence-electron chi connectivity index (χ0n) is 14.2. The molecule has 0 aromatic carbocycles. The standard InChI is InChI=1S/C15H27N3O3/c1-8-21-13(19)11-12(14(2,3)4)18(17-16-11)10-9-15(5,6)20-7/h8-10H2,1-7H3. The molecule has 0 radical (unpaired) electrons. The molecule has 0 aliphatic heterocycles. The smallest absolute Gasteiger partial charge is 0.360 e. The number of aryl methyl sites for hydroxylation is 1. The zero-order valence-corrected chi connectivity index (χ0v) is 14.2. The van der Waals surface area contributed by atoms with E-state index in [9.17, 15) is 4.79 Å². The van der Waals surface area contributed by atoms with Crippen LogP contribution in [-0.2, 0) is 21.4 Å². The third kappa shape index (κ3) is 4.52. The quantitative estimate of drug-likeness (QED) is 0.755. The van der Waals surface area contributed by atoms with Crippen molar-refractivity contribution >= 4 is 5.97 Å². The molecule has 0 fully saturated rings. The number of methoxy groups -OCH3 is 1. The summed E-state index contributed by atoms with van der Waals surface area (Å²) >= 11 is 0. The van der Waals surface area contributed by atoms with Crippen molar-refractivity contribution in [3.63, 3.8) is 0 Å². The molecule has 1 rings (SSSR count). The number of hydrogen-bond donors (Lipinski definition) is 0. The van der Waals surface area contributed by atoms with Crippen molar-refractivity contribution < 1.29 is 14.3 Å². The average Bonchev–Trinajstić information content (AvgIpc) is 2.81. The molecule has 0 saturated carbocycles. The lowest BCUT2D eigenvalue weighted by Gasteiger charge is -2.25. The summed E-state index contributed by atoms with van der Waals surface area (Å²) in [5.41, 5.74) is 0.612. The molecule has 0 N–H and O–H groups in total. The SMILES string of the molecule is CCOC(=O)c1nnn(CCC(C)(C)OC)c1C(C)(C)C. The Kier molecular flexibility index (Phi) is 5.50. The first-order valence-corrected chi connectivity index (χ1v) is 7.28. The van der Waals surface area contributed by atoms with Gasteiger partial charge in [-0.15, -0.1) is 5.10 Å². The van der Waals surface area contributed by atoms with E-state index in [0.717, 1.165) is 12.1 Å². The van der Waals surface area contributed by atoms with E-state index in [0.29, 0.717) is 18.8 Å². The minimum atomic E-state index is -0.417. The van der Waals surface area contributed by atoms with E-state index >= 15 is 0 Å². The Labute approximate surface area is 126 Å². The summed E-state index contributed by atoms with van der Waals surface area (Å²) in [4.78, 5) is 12.0. The van der Waals surface area contributed by atoms with Crippen molar-refractivity contribution in [3.05, 3.63) is 11.4 Å². The van der Waals surface area contributed by atoms with Crippen LogP contribution in [-0.4, -0.2) is 40.3 Å². The molecule has 1 heterocycles. The van der Waals surface area contributed by atoms with E-state index in [1.165, 1.54) is 0 Å². The van der Waals surface area contributed by atoms with E-state index in [1.54, 1.807) is 18.7 Å². The molecule has 6 heteroatoms. The van der Waals surface area contributed by atoms with Crippen molar-refractivity contribution in [2.24, 2.45) is 0 Å². The summed E-state index contributed by atoms with van der Waals surface area (Å²) in [6.45, 7) is 12.9. The predicted octanol–water partition coefficient (Wildman–Crippen LogP) is 2.57. The van der Waals surface area contributed by atoms with Crippen molar-refractivity contribution in [2.45, 2.75) is 65.5 Å². The molecule has 0 atom stereocenters. The molecule has 0 unspecified atom stereocenters. The van der Waals surface area contributed by atoms with Gasteiger partial charge in [0.1, 0.15) is 0 Å². The fourth-order valence-electron chi connectivity index (χ4n) is 2.03. The Bertz CT molecular complexity index is 487. The van der Waals surface area contributed by atoms with Gasteiger partial charge in [0.2, 0.25) is 0 Å². The predicted molar refractivity (Wildman–Crippen MR) is 80.4 cm³/mol. The van der Waals surface area contributed by atoms with Crippen LogP contribution in [0.1, 0.15) is 64.1 Å². The molecular weight excluding hydrogens is 270 g/mol. The molecule has 0 saturated heterocycles. The van der Waals surface area contributed by atoms with Crippen LogP contribution >= 0.6 is 0 Å². The summed E-state index contributed by atoms with van der Waals surface area (Å²) in [6.07, 6.45) is 0.776. The van der Waals surface area contributed by atoms with Crippen LogP contribution in [0.4, 0.5) is 0 Å². The van der Waals surface area contributed by atoms with Gasteiger partial charge in [0.25, 0.3) is 0 Å². The summed E-state index contributed by atoms with van der Waals surface area (Å²) in [7, 11) is 1.69. The first-order valence-electron chi connectivity index (χ1n) is 7.28. The second-order valence-electron chi connectivity index (χ2n) is 6.69. The lowest BCUT2D eigenvalue weighted by Crippen LogP contribution is -2.27. The number of esters is 1. The second-order valence-corrected chi connectivity index (χ2v) is 6.69. The van der Waals surface area contributed by atoms with E-state index < -0.39 is 5.97 Å². The summed E-state index contributed by atoms with van der Waals surface area (Å²) in [5, 5.41) is 8.16. The fraction of sp³-hybridized carbons (Fsp3) is 0.800. The maximum atomic E-state index is 12.0. The van der Waals surface area contributed by atoms with Crippen LogP contribution in [0.3, 0.4) is 0 Å². The molecule has 0 bridgehead atoms. The van der Waals surface area contributed by atoms with Gasteiger partial charge >= 0.3 is 5.97 Å². The number of rotatable bonds is 6. The normalized spacial score (nSPS) is 12.5. The third-order valence-corrected chi connectivity index (χ3v) is 3.39. The lowest BCUT2D eigenvalue weighted by molar-refractivity contribution is 0.0109. The number of hydrogen-bond acceptors (Lipinski definition) is 5. The van der Waals surface area contributed by atoms with Gasteiger partial charge in [-0.2, -0.15) is 0 Å². The summed E-state index contributed by atoms with van der Waals surface area (Å²) in [5.74, 6) is -0.417. The Morgan fingerprint density at radius 1 is 1.24 bits per heavy atom. The Balaban J connectivity index is 3.08. The minimum Gasteiger partial charge on any atom is -0.461 e. The van der Waals surface area contributed by atoms with Crippen LogP contribution in [0.15, 0.2) is 0 Å². The largest absolute Gasteiger partial charge is 0.461 e. The Hall–Kier alpha value is -1.43. The molecule has 0 spiro atoms. The average molecular weight is 297 g/mol. The van der Waals surface area contributed by atoms with Crippen molar-refractivity contribution in [2.75, 3.05) is 13.7 Å².